The van der Waals surface area contributed by atoms with Crippen LogP contribution in [-0.4, -0.2) is 23.1 Å². The van der Waals surface area contributed by atoms with Crippen molar-refractivity contribution in [2.24, 2.45) is 0 Å². The molecule has 0 rings (SSSR count). The van der Waals surface area contributed by atoms with Gasteiger partial charge < -0.3 is 9.84 Å². The summed E-state index contributed by atoms with van der Waals surface area (Å²) in [4.78, 5) is 22.9. The van der Waals surface area contributed by atoms with E-state index in [1.54, 1.807) is 0 Å². The number of esters is 1. The van der Waals surface area contributed by atoms with Gasteiger partial charge in [-0.05, 0) is 64.2 Å². The van der Waals surface area contributed by atoms with Gasteiger partial charge in [-0.1, -0.05) is 122 Å². The van der Waals surface area contributed by atoms with Crippen molar-refractivity contribution in [1.82, 2.24) is 0 Å². The van der Waals surface area contributed by atoms with E-state index in [4.69, 9.17) is 9.84 Å². The zero-order valence-corrected chi connectivity index (χ0v) is 25.2. The van der Waals surface area contributed by atoms with Crippen LogP contribution in [0.15, 0.2) is 24.3 Å². The number of carboxylic acids is 1. The van der Waals surface area contributed by atoms with Gasteiger partial charge in [0, 0.05) is 12.8 Å². The van der Waals surface area contributed by atoms with E-state index < -0.39 is 5.97 Å². The normalized spacial score (nSPS) is 12.5. The van der Waals surface area contributed by atoms with Crippen molar-refractivity contribution in [3.8, 4) is 0 Å². The third-order valence-electron chi connectivity index (χ3n) is 7.18. The average molecular weight is 535 g/mol. The summed E-state index contributed by atoms with van der Waals surface area (Å²) in [5.74, 6) is -0.709. The second-order valence-electron chi connectivity index (χ2n) is 11.0. The van der Waals surface area contributed by atoms with Gasteiger partial charge in [-0.3, -0.25) is 9.59 Å². The standard InChI is InChI=1S/C34H62O4/c1-3-5-7-8-9-10-11-12-13-14-15-16-17-18-19-24-27-31-34(37)38-32(28-6-4-2)29-25-22-20-21-23-26-30-33(35)36/h9-10,12-13,32H,3-8,11,14-31H2,1-2H3,(H,35,36)/b10-9-,13-12-. The molecular formula is C34H62O4. The molecule has 0 aliphatic rings. The molecule has 0 aromatic carbocycles. The quantitative estimate of drug-likeness (QED) is 0.0589. The molecule has 222 valence electrons. The number of hydrogen-bond acceptors (Lipinski definition) is 3. The lowest BCUT2D eigenvalue weighted by atomic mass is 10.0. The summed E-state index contributed by atoms with van der Waals surface area (Å²) in [5, 5.41) is 8.69. The summed E-state index contributed by atoms with van der Waals surface area (Å²) >= 11 is 0. The Morgan fingerprint density at radius 3 is 1.63 bits per heavy atom. The minimum absolute atomic E-state index is 0.0117. The summed E-state index contributed by atoms with van der Waals surface area (Å²) in [7, 11) is 0. The van der Waals surface area contributed by atoms with E-state index in [1.807, 2.05) is 0 Å². The fraction of sp³-hybridized carbons (Fsp3) is 0.824. The minimum atomic E-state index is -0.698. The molecule has 0 aromatic heterocycles. The molecule has 1 unspecified atom stereocenters. The lowest BCUT2D eigenvalue weighted by Gasteiger charge is -2.18. The molecule has 0 aromatic rings. The van der Waals surface area contributed by atoms with Gasteiger partial charge in [0.1, 0.15) is 6.10 Å². The Hall–Kier alpha value is -1.58. The average Bonchev–Trinajstić information content (AvgIpc) is 2.90. The molecule has 1 atom stereocenters. The van der Waals surface area contributed by atoms with Crippen LogP contribution in [0, 0.1) is 0 Å². The zero-order chi connectivity index (χ0) is 27.9. The van der Waals surface area contributed by atoms with Crippen LogP contribution in [0.25, 0.3) is 0 Å². The summed E-state index contributed by atoms with van der Waals surface area (Å²) in [6.07, 6.45) is 36.5. The number of carboxylic acid groups (broad SMARTS) is 1. The van der Waals surface area contributed by atoms with E-state index in [1.165, 1.54) is 64.2 Å². The Kier molecular flexibility index (Phi) is 28.7. The second kappa shape index (κ2) is 30.0. The van der Waals surface area contributed by atoms with Gasteiger partial charge in [-0.15, -0.1) is 0 Å². The maximum absolute atomic E-state index is 12.4. The SMILES string of the molecule is CCCCC/C=C\C/C=C\CCCCCCCCCC(=O)OC(CCCC)CCCCCCCCC(=O)O. The monoisotopic (exact) mass is 534 g/mol. The summed E-state index contributed by atoms with van der Waals surface area (Å²) < 4.78 is 5.84. The molecule has 0 saturated carbocycles. The predicted octanol–water partition coefficient (Wildman–Crippen LogP) is 10.9. The molecule has 0 spiro atoms. The Labute approximate surface area is 236 Å². The fourth-order valence-electron chi connectivity index (χ4n) is 4.73. The zero-order valence-electron chi connectivity index (χ0n) is 25.2. The lowest BCUT2D eigenvalue weighted by molar-refractivity contribution is -0.150. The molecule has 0 fully saturated rings. The van der Waals surface area contributed by atoms with Crippen LogP contribution in [0.4, 0.5) is 0 Å². The highest BCUT2D eigenvalue weighted by Crippen LogP contribution is 2.17. The largest absolute Gasteiger partial charge is 0.481 e. The number of rotatable bonds is 29. The van der Waals surface area contributed by atoms with Crippen molar-refractivity contribution in [2.75, 3.05) is 0 Å². The minimum Gasteiger partial charge on any atom is -0.481 e. The molecule has 0 saturated heterocycles. The van der Waals surface area contributed by atoms with Crippen LogP contribution >= 0.6 is 0 Å². The van der Waals surface area contributed by atoms with Gasteiger partial charge in [-0.25, -0.2) is 0 Å². The van der Waals surface area contributed by atoms with Crippen LogP contribution in [-0.2, 0) is 14.3 Å². The lowest BCUT2D eigenvalue weighted by Crippen LogP contribution is -2.18. The van der Waals surface area contributed by atoms with Gasteiger partial charge in [0.05, 0.1) is 0 Å². The van der Waals surface area contributed by atoms with E-state index in [2.05, 4.69) is 38.2 Å². The summed E-state index contributed by atoms with van der Waals surface area (Å²) in [6, 6.07) is 0. The van der Waals surface area contributed by atoms with E-state index in [0.717, 1.165) is 83.5 Å². The van der Waals surface area contributed by atoms with Gasteiger partial charge in [-0.2, -0.15) is 0 Å². The van der Waals surface area contributed by atoms with Gasteiger partial charge in [0.15, 0.2) is 0 Å². The summed E-state index contributed by atoms with van der Waals surface area (Å²) in [6.45, 7) is 4.43. The topological polar surface area (TPSA) is 63.6 Å². The third kappa shape index (κ3) is 29.0. The van der Waals surface area contributed by atoms with Crippen LogP contribution in [0.2, 0.25) is 0 Å². The Morgan fingerprint density at radius 2 is 1.05 bits per heavy atom. The fourth-order valence-corrected chi connectivity index (χ4v) is 4.73. The molecule has 4 heteroatoms. The first-order chi connectivity index (χ1) is 18.6. The van der Waals surface area contributed by atoms with Crippen LogP contribution in [0.5, 0.6) is 0 Å². The highest BCUT2D eigenvalue weighted by Gasteiger charge is 2.13. The van der Waals surface area contributed by atoms with Crippen LogP contribution in [0.1, 0.15) is 174 Å². The molecule has 0 aliphatic carbocycles. The van der Waals surface area contributed by atoms with Crippen LogP contribution in [0.3, 0.4) is 0 Å². The highest BCUT2D eigenvalue weighted by molar-refractivity contribution is 5.69. The molecule has 0 radical (unpaired) electrons. The van der Waals surface area contributed by atoms with Crippen molar-refractivity contribution in [1.29, 1.82) is 0 Å². The van der Waals surface area contributed by atoms with E-state index in [9.17, 15) is 9.59 Å². The van der Waals surface area contributed by atoms with E-state index in [0.29, 0.717) is 6.42 Å². The second-order valence-corrected chi connectivity index (χ2v) is 11.0. The molecule has 38 heavy (non-hydrogen) atoms. The third-order valence-corrected chi connectivity index (χ3v) is 7.18. The predicted molar refractivity (Wildman–Crippen MR) is 163 cm³/mol. The smallest absolute Gasteiger partial charge is 0.306 e. The Bertz CT molecular complexity index is 581. The van der Waals surface area contributed by atoms with Crippen molar-refractivity contribution >= 4 is 11.9 Å². The number of carbonyl (C=O) groups is 2. The molecular weight excluding hydrogens is 472 g/mol. The molecule has 1 N–H and O–H groups in total. The number of allylic oxidation sites excluding steroid dienone is 4. The first kappa shape index (κ1) is 36.4. The van der Waals surface area contributed by atoms with Crippen molar-refractivity contribution in [3.05, 3.63) is 24.3 Å². The van der Waals surface area contributed by atoms with Crippen LogP contribution < -0.4 is 0 Å². The molecule has 0 bridgehead atoms. The van der Waals surface area contributed by atoms with E-state index >= 15 is 0 Å². The van der Waals surface area contributed by atoms with Gasteiger partial charge in [0.25, 0.3) is 0 Å². The van der Waals surface area contributed by atoms with Crippen molar-refractivity contribution < 1.29 is 19.4 Å². The first-order valence-electron chi connectivity index (χ1n) is 16.3. The maximum atomic E-state index is 12.4. The number of ether oxygens (including phenoxy) is 1. The first-order valence-corrected chi connectivity index (χ1v) is 16.3. The molecule has 4 nitrogen and oxygen atoms in total. The number of carbonyl (C=O) groups excluding carboxylic acids is 1. The Morgan fingerprint density at radius 1 is 0.579 bits per heavy atom. The Balaban J connectivity index is 3.67. The summed E-state index contributed by atoms with van der Waals surface area (Å²) in [5.41, 5.74) is 0. The van der Waals surface area contributed by atoms with E-state index in [-0.39, 0.29) is 18.5 Å². The van der Waals surface area contributed by atoms with Gasteiger partial charge >= 0.3 is 11.9 Å². The maximum Gasteiger partial charge on any atom is 0.306 e. The van der Waals surface area contributed by atoms with Crippen molar-refractivity contribution in [2.45, 2.75) is 180 Å². The molecule has 0 amide bonds. The van der Waals surface area contributed by atoms with Gasteiger partial charge in [0.2, 0.25) is 0 Å². The number of unbranched alkanes of at least 4 members (excludes halogenated alkanes) is 16. The molecule has 0 heterocycles. The number of aliphatic carboxylic acids is 1. The highest BCUT2D eigenvalue weighted by atomic mass is 16.5. The van der Waals surface area contributed by atoms with Crippen molar-refractivity contribution in [3.63, 3.8) is 0 Å². The number of hydrogen-bond donors (Lipinski definition) is 1. The molecule has 0 aliphatic heterocycles.